The lowest BCUT2D eigenvalue weighted by Gasteiger charge is -2.03. The molecule has 2 aromatic heterocycles. The summed E-state index contributed by atoms with van der Waals surface area (Å²) < 4.78 is 4.90. The predicted octanol–water partition coefficient (Wildman–Crippen LogP) is 1.88. The van der Waals surface area contributed by atoms with Crippen LogP contribution in [0.3, 0.4) is 0 Å². The lowest BCUT2D eigenvalue weighted by atomic mass is 10.1. The third kappa shape index (κ3) is 2.09. The Morgan fingerprint density at radius 2 is 2.25 bits per heavy atom. The van der Waals surface area contributed by atoms with Gasteiger partial charge in [0.25, 0.3) is 11.8 Å². The number of carbonyl (C=O) groups excluding carboxylic acids is 2. The Hall–Kier alpha value is -2.15. The van der Waals surface area contributed by atoms with Crippen LogP contribution >= 0.6 is 11.3 Å². The van der Waals surface area contributed by atoms with Gasteiger partial charge in [-0.25, -0.2) is 0 Å². The van der Waals surface area contributed by atoms with Crippen molar-refractivity contribution in [3.05, 3.63) is 33.5 Å². The zero-order valence-electron chi connectivity index (χ0n) is 10.9. The van der Waals surface area contributed by atoms with Crippen LogP contribution in [0.25, 0.3) is 0 Å². The number of anilines is 1. The number of thiophene rings is 1. The maximum absolute atomic E-state index is 12.0. The molecule has 0 radical (unpaired) electrons. The molecule has 0 fully saturated rings. The first-order chi connectivity index (χ1) is 9.56. The maximum Gasteiger partial charge on any atom is 0.294 e. The van der Waals surface area contributed by atoms with Crippen molar-refractivity contribution in [3.8, 4) is 0 Å². The zero-order valence-corrected chi connectivity index (χ0v) is 11.7. The summed E-state index contributed by atoms with van der Waals surface area (Å²) in [7, 11) is 0. The fourth-order valence-electron chi connectivity index (χ4n) is 2.39. The van der Waals surface area contributed by atoms with E-state index in [2.05, 4.69) is 10.5 Å². The Kier molecular flexibility index (Phi) is 3.06. The molecule has 0 aliphatic heterocycles. The van der Waals surface area contributed by atoms with Gasteiger partial charge in [-0.3, -0.25) is 9.59 Å². The molecule has 1 aliphatic rings. The molecule has 0 saturated heterocycles. The highest BCUT2D eigenvalue weighted by atomic mass is 32.1. The van der Waals surface area contributed by atoms with Crippen LogP contribution in [-0.2, 0) is 12.8 Å². The summed E-state index contributed by atoms with van der Waals surface area (Å²) in [5, 5.41) is 6.86. The van der Waals surface area contributed by atoms with Crippen LogP contribution in [0.1, 0.15) is 43.5 Å². The Labute approximate surface area is 118 Å². The van der Waals surface area contributed by atoms with E-state index in [-0.39, 0.29) is 5.76 Å². The molecule has 2 aromatic rings. The molecule has 20 heavy (non-hydrogen) atoms. The molecular weight excluding hydrogens is 278 g/mol. The van der Waals surface area contributed by atoms with Crippen LogP contribution in [0, 0.1) is 6.92 Å². The van der Waals surface area contributed by atoms with Crippen molar-refractivity contribution in [2.75, 3.05) is 5.32 Å². The van der Waals surface area contributed by atoms with Gasteiger partial charge >= 0.3 is 0 Å². The van der Waals surface area contributed by atoms with Gasteiger partial charge in [0.1, 0.15) is 5.00 Å². The molecular formula is C13H13N3O3S. The van der Waals surface area contributed by atoms with E-state index in [1.807, 2.05) is 0 Å². The van der Waals surface area contributed by atoms with Gasteiger partial charge in [-0.2, -0.15) is 0 Å². The van der Waals surface area contributed by atoms with E-state index in [9.17, 15) is 9.59 Å². The number of hydrogen-bond acceptors (Lipinski definition) is 5. The van der Waals surface area contributed by atoms with Crippen molar-refractivity contribution in [1.82, 2.24) is 5.16 Å². The van der Waals surface area contributed by atoms with E-state index in [0.717, 1.165) is 29.7 Å². The summed E-state index contributed by atoms with van der Waals surface area (Å²) in [6.07, 6.45) is 2.79. The largest absolute Gasteiger partial charge is 0.365 e. The smallest absolute Gasteiger partial charge is 0.294 e. The summed E-state index contributed by atoms with van der Waals surface area (Å²) >= 11 is 1.41. The highest BCUT2D eigenvalue weighted by Gasteiger charge is 2.26. The Balaban J connectivity index is 1.91. The van der Waals surface area contributed by atoms with Crippen molar-refractivity contribution in [3.63, 3.8) is 0 Å². The molecule has 3 rings (SSSR count). The summed E-state index contributed by atoms with van der Waals surface area (Å²) in [4.78, 5) is 24.8. The van der Waals surface area contributed by atoms with Gasteiger partial charge in [0.05, 0.1) is 11.3 Å². The van der Waals surface area contributed by atoms with Gasteiger partial charge in [-0.05, 0) is 31.7 Å². The number of fused-ring (bicyclic) bond motifs is 1. The summed E-state index contributed by atoms with van der Waals surface area (Å²) in [6.45, 7) is 1.73. The molecule has 0 aromatic carbocycles. The molecule has 0 bridgehead atoms. The van der Waals surface area contributed by atoms with Crippen molar-refractivity contribution in [2.24, 2.45) is 5.73 Å². The maximum atomic E-state index is 12.0. The Morgan fingerprint density at radius 1 is 1.45 bits per heavy atom. The number of primary amides is 1. The van der Waals surface area contributed by atoms with Crippen LogP contribution < -0.4 is 11.1 Å². The van der Waals surface area contributed by atoms with Crippen LogP contribution in [0.4, 0.5) is 5.00 Å². The van der Waals surface area contributed by atoms with Gasteiger partial charge in [-0.1, -0.05) is 5.16 Å². The average Bonchev–Trinajstić information content (AvgIpc) is 3.03. The molecule has 7 heteroatoms. The molecule has 0 spiro atoms. The minimum Gasteiger partial charge on any atom is -0.365 e. The monoisotopic (exact) mass is 291 g/mol. The summed E-state index contributed by atoms with van der Waals surface area (Å²) in [5.41, 5.74) is 7.47. The molecule has 2 amide bonds. The lowest BCUT2D eigenvalue weighted by molar-refractivity contribution is 0.0988. The molecule has 3 N–H and O–H groups in total. The first-order valence-corrected chi connectivity index (χ1v) is 7.07. The third-order valence-electron chi connectivity index (χ3n) is 3.25. The predicted molar refractivity (Wildman–Crippen MR) is 74.1 cm³/mol. The third-order valence-corrected chi connectivity index (χ3v) is 4.45. The number of nitrogens with zero attached hydrogens (tertiary/aromatic N) is 1. The fourth-order valence-corrected chi connectivity index (χ4v) is 3.68. The van der Waals surface area contributed by atoms with E-state index in [4.69, 9.17) is 10.3 Å². The molecule has 0 unspecified atom stereocenters. The molecule has 2 heterocycles. The van der Waals surface area contributed by atoms with Gasteiger partial charge in [0.15, 0.2) is 0 Å². The number of amides is 2. The van der Waals surface area contributed by atoms with E-state index in [1.54, 1.807) is 13.0 Å². The van der Waals surface area contributed by atoms with Crippen LogP contribution in [-0.4, -0.2) is 17.0 Å². The van der Waals surface area contributed by atoms with Crippen molar-refractivity contribution < 1.29 is 14.1 Å². The van der Waals surface area contributed by atoms with Crippen molar-refractivity contribution in [2.45, 2.75) is 26.2 Å². The van der Waals surface area contributed by atoms with Crippen LogP contribution in [0.15, 0.2) is 10.6 Å². The topological polar surface area (TPSA) is 98.2 Å². The molecule has 0 atom stereocenters. The second-order valence-electron chi connectivity index (χ2n) is 4.71. The highest BCUT2D eigenvalue weighted by Crippen LogP contribution is 2.38. The Morgan fingerprint density at radius 3 is 2.90 bits per heavy atom. The first kappa shape index (κ1) is 12.9. The standard InChI is InChI=1S/C13H13N3O3S/c1-6-5-8(19-16-6)12(18)15-13-10(11(14)17)7-3-2-4-9(7)20-13/h5H,2-4H2,1H3,(H2,14,17)(H,15,18). The van der Waals surface area contributed by atoms with Gasteiger partial charge < -0.3 is 15.6 Å². The van der Waals surface area contributed by atoms with Gasteiger partial charge in [-0.15, -0.1) is 11.3 Å². The lowest BCUT2D eigenvalue weighted by Crippen LogP contribution is -2.17. The number of hydrogen-bond donors (Lipinski definition) is 2. The number of carbonyl (C=O) groups is 2. The van der Waals surface area contributed by atoms with E-state index < -0.39 is 11.8 Å². The number of aromatic nitrogens is 1. The second kappa shape index (κ2) is 4.75. The second-order valence-corrected chi connectivity index (χ2v) is 5.82. The molecule has 104 valence electrons. The summed E-state index contributed by atoms with van der Waals surface area (Å²) in [6, 6.07) is 1.54. The minimum atomic E-state index is -0.506. The Bertz CT molecular complexity index is 702. The van der Waals surface area contributed by atoms with E-state index in [1.165, 1.54) is 11.3 Å². The molecule has 6 nitrogen and oxygen atoms in total. The first-order valence-electron chi connectivity index (χ1n) is 6.25. The van der Waals surface area contributed by atoms with Crippen molar-refractivity contribution >= 4 is 28.2 Å². The SMILES string of the molecule is Cc1cc(C(=O)Nc2sc3c(c2C(N)=O)CCC3)on1. The van der Waals surface area contributed by atoms with Crippen LogP contribution in [0.5, 0.6) is 0 Å². The van der Waals surface area contributed by atoms with Gasteiger partial charge in [0, 0.05) is 10.9 Å². The minimum absolute atomic E-state index is 0.117. The molecule has 1 aliphatic carbocycles. The number of nitrogens with two attached hydrogens (primary N) is 1. The normalized spacial score (nSPS) is 13.2. The van der Waals surface area contributed by atoms with Crippen molar-refractivity contribution in [1.29, 1.82) is 0 Å². The summed E-state index contributed by atoms with van der Waals surface area (Å²) in [5.74, 6) is -0.812. The fraction of sp³-hybridized carbons (Fsp3) is 0.308. The zero-order chi connectivity index (χ0) is 14.3. The number of rotatable bonds is 3. The highest BCUT2D eigenvalue weighted by molar-refractivity contribution is 7.17. The van der Waals surface area contributed by atoms with Crippen LogP contribution in [0.2, 0.25) is 0 Å². The average molecular weight is 291 g/mol. The van der Waals surface area contributed by atoms with E-state index in [0.29, 0.717) is 16.3 Å². The van der Waals surface area contributed by atoms with E-state index >= 15 is 0 Å². The van der Waals surface area contributed by atoms with Gasteiger partial charge in [0.2, 0.25) is 5.76 Å². The quantitative estimate of drug-likeness (QED) is 0.902. The number of aryl methyl sites for hydroxylation is 2. The molecule has 0 saturated carbocycles. The number of nitrogens with one attached hydrogen (secondary N) is 1.